The van der Waals surface area contributed by atoms with Gasteiger partial charge in [-0.2, -0.15) is 4.80 Å². The lowest BCUT2D eigenvalue weighted by Gasteiger charge is -1.90. The minimum atomic E-state index is 0.0812. The van der Waals surface area contributed by atoms with Gasteiger partial charge in [-0.05, 0) is 11.6 Å². The minimum absolute atomic E-state index is 0.0812. The van der Waals surface area contributed by atoms with E-state index in [0.717, 1.165) is 13.0 Å². The number of aromatic nitrogens is 4. The molecule has 11 heavy (non-hydrogen) atoms. The number of nitrogens with zero attached hydrogens (tertiary/aromatic N) is 4. The Hall–Kier alpha value is -0.970. The summed E-state index contributed by atoms with van der Waals surface area (Å²) in [6, 6.07) is 0. The van der Waals surface area contributed by atoms with Crippen molar-refractivity contribution in [2.24, 2.45) is 0 Å². The number of aryl methyl sites for hydroxylation is 1. The summed E-state index contributed by atoms with van der Waals surface area (Å²) in [6.07, 6.45) is 1.48. The Balaban J connectivity index is 2.51. The van der Waals surface area contributed by atoms with Crippen LogP contribution in [0.5, 0.6) is 0 Å². The van der Waals surface area contributed by atoms with Crippen molar-refractivity contribution < 1.29 is 5.11 Å². The zero-order valence-electron chi connectivity index (χ0n) is 6.56. The van der Waals surface area contributed by atoms with Crippen molar-refractivity contribution in [1.29, 1.82) is 0 Å². The second-order valence-corrected chi connectivity index (χ2v) is 2.28. The molecular weight excluding hydrogens is 144 g/mol. The molecule has 0 amide bonds. The molecule has 1 N–H and O–H groups in total. The van der Waals surface area contributed by atoms with Crippen LogP contribution < -0.4 is 0 Å². The van der Waals surface area contributed by atoms with E-state index in [9.17, 15) is 0 Å². The zero-order chi connectivity index (χ0) is 8.10. The molecule has 0 aliphatic carbocycles. The fraction of sp³-hybridized carbons (Fsp3) is 0.833. The average Bonchev–Trinajstić information content (AvgIpc) is 2.38. The average molecular weight is 156 g/mol. The van der Waals surface area contributed by atoms with Crippen LogP contribution in [0.1, 0.15) is 19.2 Å². The standard InChI is InChI=1S/C6H12N4O/c1-2-4-10-8-6(3-5-11)7-9-10/h11H,2-5H2,1H3. The number of tetrazole rings is 1. The number of aliphatic hydroxyl groups is 1. The molecule has 0 unspecified atom stereocenters. The molecule has 0 saturated carbocycles. The van der Waals surface area contributed by atoms with Gasteiger partial charge < -0.3 is 5.11 Å². The molecule has 0 aliphatic rings. The summed E-state index contributed by atoms with van der Waals surface area (Å²) in [5, 5.41) is 20.1. The number of hydrogen-bond acceptors (Lipinski definition) is 4. The predicted molar refractivity (Wildman–Crippen MR) is 38.9 cm³/mol. The van der Waals surface area contributed by atoms with Gasteiger partial charge in [0.2, 0.25) is 0 Å². The Morgan fingerprint density at radius 1 is 1.55 bits per heavy atom. The van der Waals surface area contributed by atoms with Crippen molar-refractivity contribution in [1.82, 2.24) is 20.2 Å². The van der Waals surface area contributed by atoms with Crippen LogP contribution in [0.4, 0.5) is 0 Å². The van der Waals surface area contributed by atoms with E-state index in [2.05, 4.69) is 22.3 Å². The first kappa shape index (κ1) is 8.13. The molecule has 1 aromatic rings. The lowest BCUT2D eigenvalue weighted by Crippen LogP contribution is -2.01. The third kappa shape index (κ3) is 2.27. The van der Waals surface area contributed by atoms with Crippen molar-refractivity contribution in [2.45, 2.75) is 26.3 Å². The molecule has 5 nitrogen and oxygen atoms in total. The molecule has 1 rings (SSSR count). The summed E-state index contributed by atoms with van der Waals surface area (Å²) >= 11 is 0. The van der Waals surface area contributed by atoms with Gasteiger partial charge in [-0.25, -0.2) is 0 Å². The van der Waals surface area contributed by atoms with Crippen LogP contribution in [0.15, 0.2) is 0 Å². The normalized spacial score (nSPS) is 10.4. The van der Waals surface area contributed by atoms with Crippen LogP contribution in [0.2, 0.25) is 0 Å². The molecule has 5 heteroatoms. The molecule has 1 heterocycles. The SMILES string of the molecule is CCCn1nnc(CCO)n1. The van der Waals surface area contributed by atoms with Crippen LogP contribution >= 0.6 is 0 Å². The maximum Gasteiger partial charge on any atom is 0.177 e. The van der Waals surface area contributed by atoms with E-state index in [1.807, 2.05) is 0 Å². The third-order valence-corrected chi connectivity index (χ3v) is 1.25. The van der Waals surface area contributed by atoms with Gasteiger partial charge in [-0.15, -0.1) is 10.2 Å². The Morgan fingerprint density at radius 2 is 2.36 bits per heavy atom. The Morgan fingerprint density at radius 3 is 3.00 bits per heavy atom. The summed E-state index contributed by atoms with van der Waals surface area (Å²) in [6.45, 7) is 2.92. The summed E-state index contributed by atoms with van der Waals surface area (Å²) in [5.41, 5.74) is 0. The van der Waals surface area contributed by atoms with Crippen molar-refractivity contribution in [2.75, 3.05) is 6.61 Å². The second-order valence-electron chi connectivity index (χ2n) is 2.28. The summed E-state index contributed by atoms with van der Waals surface area (Å²) in [7, 11) is 0. The van der Waals surface area contributed by atoms with Gasteiger partial charge in [0.05, 0.1) is 13.2 Å². The number of aliphatic hydroxyl groups excluding tert-OH is 1. The molecule has 0 bridgehead atoms. The molecule has 62 valence electrons. The molecule has 0 radical (unpaired) electrons. The molecule has 0 aliphatic heterocycles. The highest BCUT2D eigenvalue weighted by molar-refractivity contribution is 4.75. The van der Waals surface area contributed by atoms with Crippen molar-refractivity contribution in [3.05, 3.63) is 5.82 Å². The highest BCUT2D eigenvalue weighted by Gasteiger charge is 1.99. The molecular formula is C6H12N4O. The van der Waals surface area contributed by atoms with Gasteiger partial charge in [-0.1, -0.05) is 6.92 Å². The van der Waals surface area contributed by atoms with E-state index in [1.54, 1.807) is 4.80 Å². The van der Waals surface area contributed by atoms with Crippen LogP contribution in [0.3, 0.4) is 0 Å². The Kier molecular flexibility index (Phi) is 2.97. The van der Waals surface area contributed by atoms with Crippen molar-refractivity contribution >= 4 is 0 Å². The minimum Gasteiger partial charge on any atom is -0.396 e. The Labute approximate surface area is 65.0 Å². The van der Waals surface area contributed by atoms with E-state index >= 15 is 0 Å². The monoisotopic (exact) mass is 156 g/mol. The molecule has 0 aromatic carbocycles. The topological polar surface area (TPSA) is 63.8 Å². The first-order valence-corrected chi connectivity index (χ1v) is 3.74. The van der Waals surface area contributed by atoms with Crippen LogP contribution in [-0.4, -0.2) is 31.9 Å². The first-order chi connectivity index (χ1) is 5.36. The molecule has 0 saturated heterocycles. The van der Waals surface area contributed by atoms with Crippen molar-refractivity contribution in [3.63, 3.8) is 0 Å². The van der Waals surface area contributed by atoms with Gasteiger partial charge in [0, 0.05) is 6.42 Å². The van der Waals surface area contributed by atoms with Gasteiger partial charge in [0.25, 0.3) is 0 Å². The van der Waals surface area contributed by atoms with E-state index < -0.39 is 0 Å². The fourth-order valence-electron chi connectivity index (χ4n) is 0.771. The Bertz CT molecular complexity index is 190. The molecule has 0 atom stereocenters. The lowest BCUT2D eigenvalue weighted by molar-refractivity contribution is 0.296. The summed E-state index contributed by atoms with van der Waals surface area (Å²) in [4.78, 5) is 1.55. The second kappa shape index (κ2) is 4.02. The number of hydrogen-bond donors (Lipinski definition) is 1. The highest BCUT2D eigenvalue weighted by atomic mass is 16.3. The van der Waals surface area contributed by atoms with Gasteiger partial charge >= 0.3 is 0 Å². The zero-order valence-corrected chi connectivity index (χ0v) is 6.56. The van der Waals surface area contributed by atoms with E-state index in [0.29, 0.717) is 12.2 Å². The summed E-state index contributed by atoms with van der Waals surface area (Å²) in [5.74, 6) is 0.612. The molecule has 1 aromatic heterocycles. The van der Waals surface area contributed by atoms with Crippen LogP contribution in [-0.2, 0) is 13.0 Å². The van der Waals surface area contributed by atoms with E-state index in [1.165, 1.54) is 0 Å². The smallest absolute Gasteiger partial charge is 0.177 e. The lowest BCUT2D eigenvalue weighted by atomic mass is 10.4. The maximum absolute atomic E-state index is 8.54. The van der Waals surface area contributed by atoms with Crippen LogP contribution in [0, 0.1) is 0 Å². The maximum atomic E-state index is 8.54. The third-order valence-electron chi connectivity index (χ3n) is 1.25. The van der Waals surface area contributed by atoms with Gasteiger partial charge in [-0.3, -0.25) is 0 Å². The van der Waals surface area contributed by atoms with Gasteiger partial charge in [0.15, 0.2) is 5.82 Å². The van der Waals surface area contributed by atoms with E-state index in [-0.39, 0.29) is 6.61 Å². The number of rotatable bonds is 4. The highest BCUT2D eigenvalue weighted by Crippen LogP contribution is 1.88. The predicted octanol–water partition coefficient (Wildman–Crippen LogP) is -0.382. The molecule has 0 spiro atoms. The fourth-order valence-corrected chi connectivity index (χ4v) is 0.771. The van der Waals surface area contributed by atoms with E-state index in [4.69, 9.17) is 5.11 Å². The summed E-state index contributed by atoms with van der Waals surface area (Å²) < 4.78 is 0. The van der Waals surface area contributed by atoms with Gasteiger partial charge in [0.1, 0.15) is 0 Å². The van der Waals surface area contributed by atoms with Crippen molar-refractivity contribution in [3.8, 4) is 0 Å². The largest absolute Gasteiger partial charge is 0.396 e. The quantitative estimate of drug-likeness (QED) is 0.645. The first-order valence-electron chi connectivity index (χ1n) is 3.74. The molecule has 0 fully saturated rings. The van der Waals surface area contributed by atoms with Crippen LogP contribution in [0.25, 0.3) is 0 Å².